The van der Waals surface area contributed by atoms with Crippen LogP contribution in [0.15, 0.2) is 23.8 Å². The van der Waals surface area contributed by atoms with Crippen LogP contribution in [0.25, 0.3) is 0 Å². The SMILES string of the molecule is CC(=CCOc1cc(C)c([N+](=O)[O-])cc1C)C(=O)O. The number of carboxylic acids is 1. The Bertz CT molecular complexity index is 548. The Labute approximate surface area is 110 Å². The molecule has 0 aromatic heterocycles. The Morgan fingerprint density at radius 2 is 2.05 bits per heavy atom. The maximum atomic E-state index is 10.8. The van der Waals surface area contributed by atoms with Crippen LogP contribution >= 0.6 is 0 Å². The number of benzene rings is 1. The number of nitro groups is 1. The van der Waals surface area contributed by atoms with E-state index in [0.717, 1.165) is 0 Å². The lowest BCUT2D eigenvalue weighted by Crippen LogP contribution is -2.02. The van der Waals surface area contributed by atoms with Gasteiger partial charge >= 0.3 is 5.97 Å². The second-order valence-corrected chi connectivity index (χ2v) is 4.16. The summed E-state index contributed by atoms with van der Waals surface area (Å²) >= 11 is 0. The zero-order valence-corrected chi connectivity index (χ0v) is 11.0. The van der Waals surface area contributed by atoms with E-state index in [2.05, 4.69) is 0 Å². The average Bonchev–Trinajstić information content (AvgIpc) is 2.32. The lowest BCUT2D eigenvalue weighted by molar-refractivity contribution is -0.385. The minimum absolute atomic E-state index is 0.0436. The first-order valence-electron chi connectivity index (χ1n) is 5.61. The maximum absolute atomic E-state index is 10.8. The van der Waals surface area contributed by atoms with Crippen molar-refractivity contribution < 1.29 is 19.6 Å². The Balaban J connectivity index is 2.86. The third-order valence-electron chi connectivity index (χ3n) is 2.66. The van der Waals surface area contributed by atoms with Gasteiger partial charge in [0.05, 0.1) is 4.92 Å². The first-order valence-corrected chi connectivity index (χ1v) is 5.61. The predicted molar refractivity (Wildman–Crippen MR) is 69.5 cm³/mol. The van der Waals surface area contributed by atoms with Crippen LogP contribution in [0.1, 0.15) is 18.1 Å². The number of nitrogens with zero attached hydrogens (tertiary/aromatic N) is 1. The van der Waals surface area contributed by atoms with Gasteiger partial charge in [0.1, 0.15) is 12.4 Å². The van der Waals surface area contributed by atoms with Crippen LogP contribution in [0.5, 0.6) is 5.75 Å². The van der Waals surface area contributed by atoms with Crippen molar-refractivity contribution in [3.63, 3.8) is 0 Å². The van der Waals surface area contributed by atoms with Crippen molar-refractivity contribution in [2.75, 3.05) is 6.61 Å². The first-order chi connectivity index (χ1) is 8.82. The molecule has 0 saturated carbocycles. The normalized spacial score (nSPS) is 11.2. The van der Waals surface area contributed by atoms with Gasteiger partial charge in [0.15, 0.2) is 0 Å². The fraction of sp³-hybridized carbons (Fsp3) is 0.308. The highest BCUT2D eigenvalue weighted by atomic mass is 16.6. The zero-order valence-electron chi connectivity index (χ0n) is 11.0. The highest BCUT2D eigenvalue weighted by Gasteiger charge is 2.13. The Kier molecular flexibility index (Phi) is 4.63. The van der Waals surface area contributed by atoms with Gasteiger partial charge in [0, 0.05) is 17.2 Å². The molecule has 1 rings (SSSR count). The van der Waals surface area contributed by atoms with Crippen molar-refractivity contribution in [3.8, 4) is 5.75 Å². The molecular formula is C13H15NO5. The zero-order chi connectivity index (χ0) is 14.6. The summed E-state index contributed by atoms with van der Waals surface area (Å²) in [6.07, 6.45) is 1.44. The van der Waals surface area contributed by atoms with E-state index in [1.807, 2.05) is 0 Å². The molecule has 6 nitrogen and oxygen atoms in total. The van der Waals surface area contributed by atoms with Crippen molar-refractivity contribution in [2.45, 2.75) is 20.8 Å². The van der Waals surface area contributed by atoms with Crippen LogP contribution in [0.2, 0.25) is 0 Å². The van der Waals surface area contributed by atoms with E-state index >= 15 is 0 Å². The maximum Gasteiger partial charge on any atom is 0.331 e. The monoisotopic (exact) mass is 265 g/mol. The van der Waals surface area contributed by atoms with Gasteiger partial charge in [-0.15, -0.1) is 0 Å². The molecule has 0 bridgehead atoms. The second kappa shape index (κ2) is 5.99. The van der Waals surface area contributed by atoms with Gasteiger partial charge in [0.2, 0.25) is 0 Å². The van der Waals surface area contributed by atoms with E-state index in [4.69, 9.17) is 9.84 Å². The highest BCUT2D eigenvalue weighted by Crippen LogP contribution is 2.27. The van der Waals surface area contributed by atoms with Crippen LogP contribution in [-0.4, -0.2) is 22.6 Å². The molecule has 1 N–H and O–H groups in total. The summed E-state index contributed by atoms with van der Waals surface area (Å²) < 4.78 is 5.41. The molecule has 0 heterocycles. The van der Waals surface area contributed by atoms with Crippen LogP contribution in [-0.2, 0) is 4.79 Å². The van der Waals surface area contributed by atoms with Gasteiger partial charge in [-0.2, -0.15) is 0 Å². The topological polar surface area (TPSA) is 89.7 Å². The summed E-state index contributed by atoms with van der Waals surface area (Å²) in [5, 5.41) is 19.4. The minimum atomic E-state index is -1.000. The molecule has 0 aliphatic heterocycles. The van der Waals surface area contributed by atoms with Crippen molar-refractivity contribution in [1.29, 1.82) is 0 Å². The Hall–Kier alpha value is -2.37. The number of rotatable bonds is 5. The molecule has 0 saturated heterocycles. The van der Waals surface area contributed by atoms with Gasteiger partial charge in [0.25, 0.3) is 5.69 Å². The summed E-state index contributed by atoms with van der Waals surface area (Å²) in [5.74, 6) is -0.488. The van der Waals surface area contributed by atoms with Gasteiger partial charge in [-0.25, -0.2) is 4.79 Å². The number of carboxylic acid groups (broad SMARTS) is 1. The summed E-state index contributed by atoms with van der Waals surface area (Å²) in [6, 6.07) is 3.02. The quantitative estimate of drug-likeness (QED) is 0.502. The van der Waals surface area contributed by atoms with Gasteiger partial charge in [-0.1, -0.05) is 0 Å². The standard InChI is InChI=1S/C13H15NO5/c1-8(13(15)16)4-5-19-12-7-9(2)11(14(17)18)6-10(12)3/h4,6-7H,5H2,1-3H3,(H,15,16). The van der Waals surface area contributed by atoms with Gasteiger partial charge in [-0.3, -0.25) is 10.1 Å². The molecule has 0 unspecified atom stereocenters. The summed E-state index contributed by atoms with van der Waals surface area (Å²) in [4.78, 5) is 20.9. The predicted octanol–water partition coefficient (Wildman–Crippen LogP) is 2.62. The molecule has 0 aliphatic carbocycles. The number of nitro benzene ring substituents is 1. The second-order valence-electron chi connectivity index (χ2n) is 4.16. The van der Waals surface area contributed by atoms with E-state index in [-0.39, 0.29) is 17.9 Å². The van der Waals surface area contributed by atoms with Gasteiger partial charge < -0.3 is 9.84 Å². The van der Waals surface area contributed by atoms with Crippen LogP contribution < -0.4 is 4.74 Å². The minimum Gasteiger partial charge on any atom is -0.489 e. The Morgan fingerprint density at radius 1 is 1.42 bits per heavy atom. The molecule has 1 aromatic rings. The molecule has 6 heteroatoms. The van der Waals surface area contributed by atoms with E-state index in [9.17, 15) is 14.9 Å². The van der Waals surface area contributed by atoms with E-state index in [0.29, 0.717) is 16.9 Å². The molecular weight excluding hydrogens is 250 g/mol. The molecule has 0 amide bonds. The number of hydrogen-bond acceptors (Lipinski definition) is 4. The number of ether oxygens (including phenoxy) is 1. The largest absolute Gasteiger partial charge is 0.489 e. The van der Waals surface area contributed by atoms with Gasteiger partial charge in [-0.05, 0) is 38.5 Å². The molecule has 0 aliphatic rings. The molecule has 0 atom stereocenters. The van der Waals surface area contributed by atoms with Crippen molar-refractivity contribution in [3.05, 3.63) is 45.0 Å². The van der Waals surface area contributed by atoms with Crippen molar-refractivity contribution in [2.24, 2.45) is 0 Å². The third kappa shape index (κ3) is 3.80. The number of aryl methyl sites for hydroxylation is 2. The molecule has 0 radical (unpaired) electrons. The van der Waals surface area contributed by atoms with Crippen LogP contribution in [0, 0.1) is 24.0 Å². The van der Waals surface area contributed by atoms with E-state index < -0.39 is 10.9 Å². The Morgan fingerprint density at radius 3 is 2.58 bits per heavy atom. The summed E-state index contributed by atoms with van der Waals surface area (Å²) in [7, 11) is 0. The number of carbonyl (C=O) groups is 1. The molecule has 102 valence electrons. The third-order valence-corrected chi connectivity index (χ3v) is 2.66. The van der Waals surface area contributed by atoms with Crippen LogP contribution in [0.3, 0.4) is 0 Å². The molecule has 0 spiro atoms. The highest BCUT2D eigenvalue weighted by molar-refractivity contribution is 5.85. The van der Waals surface area contributed by atoms with Crippen molar-refractivity contribution >= 4 is 11.7 Å². The van der Waals surface area contributed by atoms with Crippen LogP contribution in [0.4, 0.5) is 5.69 Å². The van der Waals surface area contributed by atoms with Crippen molar-refractivity contribution in [1.82, 2.24) is 0 Å². The molecule has 19 heavy (non-hydrogen) atoms. The summed E-state index contributed by atoms with van der Waals surface area (Å²) in [5.41, 5.74) is 1.38. The number of hydrogen-bond donors (Lipinski definition) is 1. The van der Waals surface area contributed by atoms with E-state index in [1.54, 1.807) is 19.9 Å². The lowest BCUT2D eigenvalue weighted by atomic mass is 10.1. The first kappa shape index (κ1) is 14.7. The molecule has 0 fully saturated rings. The smallest absolute Gasteiger partial charge is 0.331 e. The number of aliphatic carboxylic acids is 1. The fourth-order valence-electron chi connectivity index (χ4n) is 1.47. The lowest BCUT2D eigenvalue weighted by Gasteiger charge is -2.08. The van der Waals surface area contributed by atoms with E-state index in [1.165, 1.54) is 19.1 Å². The summed E-state index contributed by atoms with van der Waals surface area (Å²) in [6.45, 7) is 4.91. The average molecular weight is 265 g/mol. The molecule has 1 aromatic carbocycles. The fourth-order valence-corrected chi connectivity index (χ4v) is 1.47.